The molecule has 0 radical (unpaired) electrons. The van der Waals surface area contributed by atoms with Gasteiger partial charge in [0, 0.05) is 11.4 Å². The highest BCUT2D eigenvalue weighted by Gasteiger charge is 2.24. The summed E-state index contributed by atoms with van der Waals surface area (Å²) < 4.78 is 6.25. The average molecular weight is 314 g/mol. The van der Waals surface area contributed by atoms with Crippen LogP contribution in [-0.4, -0.2) is 17.3 Å². The Morgan fingerprint density at radius 1 is 1.45 bits per heavy atom. The fourth-order valence-electron chi connectivity index (χ4n) is 2.23. The maximum atomic E-state index is 10.3. The number of nitrogens with one attached hydrogen (secondary N) is 1. The summed E-state index contributed by atoms with van der Waals surface area (Å²) in [6.07, 6.45) is 3.37. The molecule has 2 aromatic rings. The highest BCUT2D eigenvalue weighted by Crippen LogP contribution is 2.31. The molecule has 0 amide bonds. The van der Waals surface area contributed by atoms with Crippen LogP contribution < -0.4 is 5.32 Å². The Balaban J connectivity index is 2.12. The molecule has 0 bridgehead atoms. The molecule has 0 aliphatic carbocycles. The lowest BCUT2D eigenvalue weighted by Crippen LogP contribution is -2.39. The van der Waals surface area contributed by atoms with Crippen LogP contribution in [0.25, 0.3) is 0 Å². The Morgan fingerprint density at radius 3 is 2.80 bits per heavy atom. The zero-order valence-electron chi connectivity index (χ0n) is 11.7. The van der Waals surface area contributed by atoms with Crippen molar-refractivity contribution < 1.29 is 9.52 Å². The topological polar surface area (TPSA) is 45.4 Å². The number of hydrogen-bond donors (Lipinski definition) is 2. The molecule has 0 spiro atoms. The largest absolute Gasteiger partial charge is 0.467 e. The predicted molar refractivity (Wildman–Crippen MR) is 83.4 cm³/mol. The zero-order valence-corrected chi connectivity index (χ0v) is 13.3. The van der Waals surface area contributed by atoms with E-state index in [1.807, 2.05) is 31.2 Å². The molecule has 110 valence electrons. The second kappa shape index (κ2) is 6.76. The van der Waals surface area contributed by atoms with Crippen molar-refractivity contribution in [3.63, 3.8) is 0 Å². The number of hydrogen-bond acceptors (Lipinski definition) is 4. The Labute approximate surface area is 128 Å². The Hall–Kier alpha value is -0.810. The van der Waals surface area contributed by atoms with Crippen molar-refractivity contribution in [2.45, 2.75) is 38.3 Å². The number of halogens is 1. The quantitative estimate of drug-likeness (QED) is 0.804. The van der Waals surface area contributed by atoms with Crippen molar-refractivity contribution in [2.24, 2.45) is 0 Å². The van der Waals surface area contributed by atoms with E-state index < -0.39 is 5.60 Å². The molecule has 2 rings (SSSR count). The molecular formula is C15H20ClNO2S. The van der Waals surface area contributed by atoms with Crippen LogP contribution in [0.2, 0.25) is 4.34 Å². The molecule has 0 saturated heterocycles. The predicted octanol–water partition coefficient (Wildman–Crippen LogP) is 4.22. The van der Waals surface area contributed by atoms with Crippen LogP contribution in [0.5, 0.6) is 0 Å². The van der Waals surface area contributed by atoms with Crippen molar-refractivity contribution in [1.82, 2.24) is 5.32 Å². The van der Waals surface area contributed by atoms with Crippen LogP contribution >= 0.6 is 22.9 Å². The van der Waals surface area contributed by atoms with Crippen LogP contribution in [0.4, 0.5) is 0 Å². The molecule has 2 unspecified atom stereocenters. The molecule has 0 saturated carbocycles. The maximum absolute atomic E-state index is 10.3. The van der Waals surface area contributed by atoms with Crippen molar-refractivity contribution in [1.29, 1.82) is 0 Å². The second-order valence-corrected chi connectivity index (χ2v) is 6.96. The second-order valence-electron chi connectivity index (χ2n) is 5.22. The number of rotatable bonds is 7. The summed E-state index contributed by atoms with van der Waals surface area (Å²) in [5.41, 5.74) is -0.722. The lowest BCUT2D eigenvalue weighted by molar-refractivity contribution is 0.0478. The van der Waals surface area contributed by atoms with Crippen molar-refractivity contribution >= 4 is 22.9 Å². The van der Waals surface area contributed by atoms with Crippen molar-refractivity contribution in [2.75, 3.05) is 6.54 Å². The Morgan fingerprint density at radius 2 is 2.25 bits per heavy atom. The first-order valence-corrected chi connectivity index (χ1v) is 7.95. The van der Waals surface area contributed by atoms with Gasteiger partial charge in [-0.3, -0.25) is 0 Å². The molecule has 5 heteroatoms. The van der Waals surface area contributed by atoms with Crippen molar-refractivity contribution in [3.8, 4) is 0 Å². The van der Waals surface area contributed by atoms with E-state index in [2.05, 4.69) is 12.2 Å². The molecule has 20 heavy (non-hydrogen) atoms. The monoisotopic (exact) mass is 313 g/mol. The fraction of sp³-hybridized carbons (Fsp3) is 0.467. The van der Waals surface area contributed by atoms with Gasteiger partial charge in [-0.05, 0) is 37.6 Å². The van der Waals surface area contributed by atoms with Gasteiger partial charge in [-0.15, -0.1) is 11.3 Å². The minimum atomic E-state index is -0.722. The standard InChI is InChI=1S/C15H20ClNO2S/c1-3-8-15(2,18)10-17-14(11-5-4-9-19-11)12-6-7-13(16)20-12/h4-7,9,14,17-18H,3,8,10H2,1-2H3. The molecule has 0 aromatic carbocycles. The third-order valence-corrected chi connectivity index (χ3v) is 4.48. The van der Waals surface area contributed by atoms with Gasteiger partial charge < -0.3 is 14.8 Å². The fourth-order valence-corrected chi connectivity index (χ4v) is 3.37. The van der Waals surface area contributed by atoms with Gasteiger partial charge >= 0.3 is 0 Å². The van der Waals surface area contributed by atoms with Gasteiger partial charge in [0.2, 0.25) is 0 Å². The average Bonchev–Trinajstić information content (AvgIpc) is 3.01. The van der Waals surface area contributed by atoms with E-state index in [4.69, 9.17) is 16.0 Å². The first kappa shape index (κ1) is 15.6. The van der Waals surface area contributed by atoms with Gasteiger partial charge in [-0.25, -0.2) is 0 Å². The smallest absolute Gasteiger partial charge is 0.126 e. The van der Waals surface area contributed by atoms with Crippen LogP contribution in [-0.2, 0) is 0 Å². The van der Waals surface area contributed by atoms with Gasteiger partial charge in [-0.2, -0.15) is 0 Å². The Bertz CT molecular complexity index is 522. The lowest BCUT2D eigenvalue weighted by atomic mass is 10.00. The Kier molecular flexibility index (Phi) is 5.27. The van der Waals surface area contributed by atoms with Crippen LogP contribution in [0.15, 0.2) is 34.9 Å². The molecule has 0 aliphatic rings. The number of furan rings is 1. The molecular weight excluding hydrogens is 294 g/mol. The number of aliphatic hydroxyl groups is 1. The van der Waals surface area contributed by atoms with E-state index in [0.717, 1.165) is 27.8 Å². The van der Waals surface area contributed by atoms with E-state index in [1.165, 1.54) is 11.3 Å². The van der Waals surface area contributed by atoms with E-state index in [9.17, 15) is 5.11 Å². The van der Waals surface area contributed by atoms with E-state index >= 15 is 0 Å². The van der Waals surface area contributed by atoms with E-state index in [1.54, 1.807) is 6.26 Å². The first-order chi connectivity index (χ1) is 9.52. The summed E-state index contributed by atoms with van der Waals surface area (Å²) in [6.45, 7) is 4.42. The van der Waals surface area contributed by atoms with Crippen molar-refractivity contribution in [3.05, 3.63) is 45.5 Å². The molecule has 3 nitrogen and oxygen atoms in total. The van der Waals surface area contributed by atoms with E-state index in [-0.39, 0.29) is 6.04 Å². The molecule has 2 aromatic heterocycles. The lowest BCUT2D eigenvalue weighted by Gasteiger charge is -2.26. The van der Waals surface area contributed by atoms with Gasteiger partial charge in [0.25, 0.3) is 0 Å². The maximum Gasteiger partial charge on any atom is 0.126 e. The van der Waals surface area contributed by atoms with Crippen LogP contribution in [0.3, 0.4) is 0 Å². The van der Waals surface area contributed by atoms with Gasteiger partial charge in [0.15, 0.2) is 0 Å². The molecule has 0 aliphatic heterocycles. The SMILES string of the molecule is CCCC(C)(O)CNC(c1ccco1)c1ccc(Cl)s1. The summed E-state index contributed by atoms with van der Waals surface area (Å²) in [7, 11) is 0. The van der Waals surface area contributed by atoms with E-state index in [0.29, 0.717) is 6.54 Å². The van der Waals surface area contributed by atoms with Crippen LogP contribution in [0, 0.1) is 0 Å². The third-order valence-electron chi connectivity index (χ3n) is 3.18. The van der Waals surface area contributed by atoms with Gasteiger partial charge in [0.1, 0.15) is 11.8 Å². The summed E-state index contributed by atoms with van der Waals surface area (Å²) in [4.78, 5) is 1.08. The summed E-state index contributed by atoms with van der Waals surface area (Å²) in [6, 6.07) is 7.58. The molecule has 2 N–H and O–H groups in total. The van der Waals surface area contributed by atoms with Crippen LogP contribution in [0.1, 0.15) is 43.4 Å². The molecule has 2 atom stereocenters. The molecule has 2 heterocycles. The summed E-state index contributed by atoms with van der Waals surface area (Å²) in [5, 5.41) is 13.7. The normalized spacial score (nSPS) is 16.0. The first-order valence-electron chi connectivity index (χ1n) is 6.76. The highest BCUT2D eigenvalue weighted by molar-refractivity contribution is 7.16. The highest BCUT2D eigenvalue weighted by atomic mass is 35.5. The van der Waals surface area contributed by atoms with Gasteiger partial charge in [0.05, 0.1) is 16.2 Å². The third kappa shape index (κ3) is 4.09. The van der Waals surface area contributed by atoms with Gasteiger partial charge in [-0.1, -0.05) is 24.9 Å². The zero-order chi connectivity index (χ0) is 14.6. The summed E-state index contributed by atoms with van der Waals surface area (Å²) in [5.74, 6) is 0.829. The number of thiophene rings is 1. The minimum absolute atomic E-state index is 0.0779. The molecule has 0 fully saturated rings. The summed E-state index contributed by atoms with van der Waals surface area (Å²) >= 11 is 7.54. The minimum Gasteiger partial charge on any atom is -0.467 e.